The highest BCUT2D eigenvalue weighted by Crippen LogP contribution is 2.17. The van der Waals surface area contributed by atoms with Crippen molar-refractivity contribution >= 4 is 17.9 Å². The first-order valence-corrected chi connectivity index (χ1v) is 34.7. The van der Waals surface area contributed by atoms with Crippen LogP contribution in [0.3, 0.4) is 0 Å². The predicted molar refractivity (Wildman–Crippen MR) is 353 cm³/mol. The first kappa shape index (κ1) is 77.3. The Labute approximate surface area is 502 Å². The fourth-order valence-electron chi connectivity index (χ4n) is 9.89. The van der Waals surface area contributed by atoms with Crippen LogP contribution in [-0.2, 0) is 28.6 Å². The highest BCUT2D eigenvalue weighted by Gasteiger charge is 2.19. The van der Waals surface area contributed by atoms with Crippen LogP contribution in [0.15, 0.2) is 97.2 Å². The molecule has 0 rings (SSSR count). The van der Waals surface area contributed by atoms with Crippen LogP contribution in [0.2, 0.25) is 0 Å². The lowest BCUT2D eigenvalue weighted by Crippen LogP contribution is -2.30. The van der Waals surface area contributed by atoms with Crippen LogP contribution in [-0.4, -0.2) is 37.2 Å². The van der Waals surface area contributed by atoms with Crippen molar-refractivity contribution in [2.45, 2.75) is 348 Å². The molecule has 0 aliphatic rings. The molecule has 0 N–H and O–H groups in total. The van der Waals surface area contributed by atoms with Gasteiger partial charge in [-0.2, -0.15) is 0 Å². The van der Waals surface area contributed by atoms with Crippen molar-refractivity contribution in [1.29, 1.82) is 0 Å². The molecule has 0 heterocycles. The summed E-state index contributed by atoms with van der Waals surface area (Å²) in [6.07, 6.45) is 93.6. The minimum absolute atomic E-state index is 0.0891. The molecule has 0 aromatic carbocycles. The second-order valence-corrected chi connectivity index (χ2v) is 23.1. The van der Waals surface area contributed by atoms with Crippen molar-refractivity contribution in [2.75, 3.05) is 13.2 Å². The molecule has 0 aliphatic carbocycles. The average molecular weight is 1130 g/mol. The van der Waals surface area contributed by atoms with Gasteiger partial charge in [-0.05, 0) is 103 Å². The minimum Gasteiger partial charge on any atom is -0.462 e. The second kappa shape index (κ2) is 68.8. The highest BCUT2D eigenvalue weighted by molar-refractivity contribution is 5.71. The van der Waals surface area contributed by atoms with Crippen LogP contribution in [0.25, 0.3) is 0 Å². The number of carbonyl (C=O) groups is 3. The normalized spacial score (nSPS) is 12.7. The summed E-state index contributed by atoms with van der Waals surface area (Å²) in [6.45, 7) is 6.44. The van der Waals surface area contributed by atoms with Crippen LogP contribution in [0, 0.1) is 0 Å². The number of rotatable bonds is 63. The van der Waals surface area contributed by atoms with Gasteiger partial charge in [-0.25, -0.2) is 0 Å². The Morgan fingerprint density at radius 3 is 0.778 bits per heavy atom. The summed E-state index contributed by atoms with van der Waals surface area (Å²) in [6, 6.07) is 0. The summed E-state index contributed by atoms with van der Waals surface area (Å²) in [5.41, 5.74) is 0. The van der Waals surface area contributed by atoms with E-state index in [-0.39, 0.29) is 37.5 Å². The molecular weight excluding hydrogens is 997 g/mol. The maximum atomic E-state index is 12.8. The third kappa shape index (κ3) is 67.0. The fraction of sp³-hybridized carbons (Fsp3) is 0.747. The van der Waals surface area contributed by atoms with Crippen molar-refractivity contribution in [2.24, 2.45) is 0 Å². The Morgan fingerprint density at radius 2 is 0.481 bits per heavy atom. The quantitative estimate of drug-likeness (QED) is 0.0261. The number of unbranched alkanes of at least 4 members (excludes halogenated alkanes) is 36. The molecule has 1 unspecified atom stereocenters. The van der Waals surface area contributed by atoms with E-state index in [0.29, 0.717) is 12.8 Å². The third-order valence-electron chi connectivity index (χ3n) is 15.1. The molecule has 1 atom stereocenters. The van der Waals surface area contributed by atoms with Gasteiger partial charge in [0, 0.05) is 19.3 Å². The highest BCUT2D eigenvalue weighted by atomic mass is 16.6. The minimum atomic E-state index is -0.792. The van der Waals surface area contributed by atoms with Gasteiger partial charge < -0.3 is 14.2 Å². The second-order valence-electron chi connectivity index (χ2n) is 23.1. The number of allylic oxidation sites excluding steroid dienone is 16. The van der Waals surface area contributed by atoms with E-state index in [9.17, 15) is 14.4 Å². The summed E-state index contributed by atoms with van der Waals surface area (Å²) in [7, 11) is 0. The Kier molecular flexibility index (Phi) is 65.7. The first-order chi connectivity index (χ1) is 40.0. The molecule has 466 valence electrons. The summed E-state index contributed by atoms with van der Waals surface area (Å²) < 4.78 is 16.8. The standard InChI is InChI=1S/C75H130O6/c1-4-7-10-13-15-17-19-21-23-25-27-29-31-33-34-35-36-37-38-39-40-42-43-45-47-49-51-53-55-57-59-62-65-68-74(77)80-71-72(70-79-73(76)67-64-61-12-9-6-3)81-75(78)69-66-63-60-58-56-54-52-50-48-46-44-41-32-30-28-26-24-22-20-18-16-14-11-8-5-2/h8,11,16,18,22,24-25,27-28,30,41,44,48,50,54,56,72H,4-7,9-10,12-15,17,19-21,23,26,29,31-40,42-43,45-47,49,51-53,55,57-71H2,1-3H3/b11-8-,18-16-,24-22-,27-25-,30-28-,44-41-,50-48-,56-54-. The van der Waals surface area contributed by atoms with E-state index in [0.717, 1.165) is 116 Å². The number of hydrogen-bond acceptors (Lipinski definition) is 6. The van der Waals surface area contributed by atoms with Crippen molar-refractivity contribution in [3.8, 4) is 0 Å². The zero-order valence-corrected chi connectivity index (χ0v) is 53.5. The van der Waals surface area contributed by atoms with Crippen LogP contribution in [0.4, 0.5) is 0 Å². The van der Waals surface area contributed by atoms with Crippen LogP contribution >= 0.6 is 0 Å². The predicted octanol–water partition coefficient (Wildman–Crippen LogP) is 24.0. The van der Waals surface area contributed by atoms with E-state index in [1.165, 1.54) is 186 Å². The molecule has 6 nitrogen and oxygen atoms in total. The van der Waals surface area contributed by atoms with Crippen LogP contribution < -0.4 is 0 Å². The van der Waals surface area contributed by atoms with Gasteiger partial charge in [0.15, 0.2) is 6.10 Å². The maximum absolute atomic E-state index is 12.8. The molecule has 6 heteroatoms. The largest absolute Gasteiger partial charge is 0.462 e. The monoisotopic (exact) mass is 1130 g/mol. The summed E-state index contributed by atoms with van der Waals surface area (Å²) in [4.78, 5) is 38.0. The molecule has 0 saturated carbocycles. The van der Waals surface area contributed by atoms with E-state index in [1.807, 2.05) is 0 Å². The van der Waals surface area contributed by atoms with Crippen molar-refractivity contribution < 1.29 is 28.6 Å². The third-order valence-corrected chi connectivity index (χ3v) is 15.1. The van der Waals surface area contributed by atoms with Crippen LogP contribution in [0.5, 0.6) is 0 Å². The summed E-state index contributed by atoms with van der Waals surface area (Å²) in [5, 5.41) is 0. The van der Waals surface area contributed by atoms with Gasteiger partial charge >= 0.3 is 17.9 Å². The number of carbonyl (C=O) groups excluding carboxylic acids is 3. The molecule has 0 aliphatic heterocycles. The average Bonchev–Trinajstić information content (AvgIpc) is 3.47. The van der Waals surface area contributed by atoms with Crippen molar-refractivity contribution in [1.82, 2.24) is 0 Å². The Hall–Kier alpha value is -3.67. The van der Waals surface area contributed by atoms with Gasteiger partial charge in [-0.3, -0.25) is 14.4 Å². The van der Waals surface area contributed by atoms with E-state index in [1.54, 1.807) is 0 Å². The van der Waals surface area contributed by atoms with E-state index < -0.39 is 6.10 Å². The molecule has 0 saturated heterocycles. The van der Waals surface area contributed by atoms with Gasteiger partial charge in [0.2, 0.25) is 0 Å². The lowest BCUT2D eigenvalue weighted by atomic mass is 10.0. The van der Waals surface area contributed by atoms with Gasteiger partial charge in [0.05, 0.1) is 0 Å². The van der Waals surface area contributed by atoms with Gasteiger partial charge in [-0.1, -0.05) is 317 Å². The Bertz CT molecular complexity index is 1580. The molecular formula is C75H130O6. The molecule has 0 aromatic heterocycles. The molecule has 0 fully saturated rings. The number of hydrogen-bond donors (Lipinski definition) is 0. The first-order valence-electron chi connectivity index (χ1n) is 34.7. The van der Waals surface area contributed by atoms with Gasteiger partial charge in [0.25, 0.3) is 0 Å². The fourth-order valence-corrected chi connectivity index (χ4v) is 9.89. The Morgan fingerprint density at radius 1 is 0.259 bits per heavy atom. The van der Waals surface area contributed by atoms with E-state index in [4.69, 9.17) is 14.2 Å². The number of esters is 3. The molecule has 0 radical (unpaired) electrons. The number of ether oxygens (including phenoxy) is 3. The smallest absolute Gasteiger partial charge is 0.306 e. The van der Waals surface area contributed by atoms with Crippen molar-refractivity contribution in [3.05, 3.63) is 97.2 Å². The maximum Gasteiger partial charge on any atom is 0.306 e. The lowest BCUT2D eigenvalue weighted by molar-refractivity contribution is -0.167. The lowest BCUT2D eigenvalue weighted by Gasteiger charge is -2.18. The van der Waals surface area contributed by atoms with Gasteiger partial charge in [0.1, 0.15) is 13.2 Å². The van der Waals surface area contributed by atoms with Gasteiger partial charge in [-0.15, -0.1) is 0 Å². The molecule has 81 heavy (non-hydrogen) atoms. The molecule has 0 bridgehead atoms. The van der Waals surface area contributed by atoms with E-state index >= 15 is 0 Å². The van der Waals surface area contributed by atoms with Crippen molar-refractivity contribution in [3.63, 3.8) is 0 Å². The molecule has 0 amide bonds. The Balaban J connectivity index is 4.00. The zero-order valence-electron chi connectivity index (χ0n) is 53.5. The van der Waals surface area contributed by atoms with E-state index in [2.05, 4.69) is 118 Å². The topological polar surface area (TPSA) is 78.9 Å². The summed E-state index contributed by atoms with van der Waals surface area (Å²) >= 11 is 0. The van der Waals surface area contributed by atoms with Crippen LogP contribution in [0.1, 0.15) is 342 Å². The molecule has 0 aromatic rings. The summed E-state index contributed by atoms with van der Waals surface area (Å²) in [5.74, 6) is -0.926. The zero-order chi connectivity index (χ0) is 58.5. The molecule has 0 spiro atoms. The SMILES string of the molecule is CC/C=C\C/C=C\C/C=C\C/C=C\C/C=C\C/C=C\C/C=C\CCCCCC(=O)OC(COC(=O)CCCCCCC)COC(=O)CCCCCCCCCCCCCCCCCCCCCCC/C=C\CCCCCCCCCC.